The average molecular weight is 447 g/mol. The molecule has 3 rings (SSSR count). The number of aromatic nitrogens is 1. The minimum absolute atomic E-state index is 0.103. The normalized spacial score (nSPS) is 11.1. The van der Waals surface area contributed by atoms with Gasteiger partial charge in [-0.15, -0.1) is 0 Å². The molecule has 0 fully saturated rings. The minimum Gasteiger partial charge on any atom is -0.481 e. The Morgan fingerprint density at radius 3 is 2.29 bits per heavy atom. The molecule has 12 heteroatoms. The molecular weight excluding hydrogens is 430 g/mol. The van der Waals surface area contributed by atoms with E-state index in [1.54, 1.807) is 0 Å². The van der Waals surface area contributed by atoms with E-state index in [1.807, 2.05) is 0 Å². The number of non-ortho nitro benzene ring substituents is 1. The molecule has 2 aromatic heterocycles. The first-order valence-corrected chi connectivity index (χ1v) is 10.5. The second-order valence-corrected chi connectivity index (χ2v) is 8.01. The van der Waals surface area contributed by atoms with Crippen LogP contribution in [0.2, 0.25) is 0 Å². The summed E-state index contributed by atoms with van der Waals surface area (Å²) in [6.45, 7) is 0. The number of furan rings is 1. The first-order valence-electron chi connectivity index (χ1n) is 8.64. The smallest absolute Gasteiger partial charge is 0.307 e. The van der Waals surface area contributed by atoms with Gasteiger partial charge in [0.25, 0.3) is 5.69 Å². The van der Waals surface area contributed by atoms with Crippen LogP contribution in [0.1, 0.15) is 10.6 Å². The van der Waals surface area contributed by atoms with E-state index in [2.05, 4.69) is 4.98 Å². The van der Waals surface area contributed by atoms with Crippen molar-refractivity contribution >= 4 is 27.3 Å². The number of amides is 1. The molecule has 162 valence electrons. The number of methoxy groups -OCH3 is 2. The summed E-state index contributed by atoms with van der Waals surface area (Å²) in [6.07, 6.45) is 0.856. The monoisotopic (exact) mass is 447 g/mol. The second kappa shape index (κ2) is 8.44. The van der Waals surface area contributed by atoms with E-state index in [0.717, 1.165) is 6.26 Å². The summed E-state index contributed by atoms with van der Waals surface area (Å²) in [5.74, 6) is -0.982. The number of nitro benzene ring substituents is 1. The largest absolute Gasteiger partial charge is 0.481 e. The van der Waals surface area contributed by atoms with Gasteiger partial charge in [0, 0.05) is 23.8 Å². The van der Waals surface area contributed by atoms with E-state index in [1.165, 1.54) is 62.8 Å². The zero-order valence-corrected chi connectivity index (χ0v) is 17.5. The van der Waals surface area contributed by atoms with E-state index >= 15 is 0 Å². The highest BCUT2D eigenvalue weighted by molar-refractivity contribution is 7.92. The van der Waals surface area contributed by atoms with Gasteiger partial charge in [-0.1, -0.05) is 0 Å². The zero-order chi connectivity index (χ0) is 22.8. The summed E-state index contributed by atoms with van der Waals surface area (Å²) < 4.78 is 41.0. The Bertz CT molecular complexity index is 1240. The number of hydrogen-bond acceptors (Lipinski definition) is 9. The van der Waals surface area contributed by atoms with Crippen LogP contribution in [0.5, 0.6) is 11.8 Å². The van der Waals surface area contributed by atoms with Gasteiger partial charge in [-0.05, 0) is 30.3 Å². The molecule has 0 saturated carbocycles. The second-order valence-electron chi connectivity index (χ2n) is 6.18. The third-order valence-corrected chi connectivity index (χ3v) is 5.16. The van der Waals surface area contributed by atoms with Crippen molar-refractivity contribution in [1.29, 1.82) is 0 Å². The molecule has 11 nitrogen and oxygen atoms in total. The van der Waals surface area contributed by atoms with E-state index in [-0.39, 0.29) is 34.7 Å². The van der Waals surface area contributed by atoms with Gasteiger partial charge in [-0.25, -0.2) is 8.42 Å². The fraction of sp³-hybridized carbons (Fsp3) is 0.158. The quantitative estimate of drug-likeness (QED) is 0.394. The summed E-state index contributed by atoms with van der Waals surface area (Å²) in [5, 5.41) is 10.8. The predicted molar refractivity (Wildman–Crippen MR) is 110 cm³/mol. The van der Waals surface area contributed by atoms with Crippen molar-refractivity contribution in [1.82, 2.24) is 4.98 Å². The van der Waals surface area contributed by atoms with Gasteiger partial charge in [-0.3, -0.25) is 14.9 Å². The third kappa shape index (κ3) is 4.48. The molecule has 0 bridgehead atoms. The van der Waals surface area contributed by atoms with Crippen molar-refractivity contribution in [3.05, 3.63) is 64.4 Å². The van der Waals surface area contributed by atoms with Crippen molar-refractivity contribution in [2.24, 2.45) is 0 Å². The molecule has 0 atom stereocenters. The number of sulfonamides is 1. The van der Waals surface area contributed by atoms with Crippen LogP contribution in [0.3, 0.4) is 0 Å². The standard InChI is InChI=1S/C19H17N3O8S/c1-28-17-11-8-14(18(20-17)29-2)21(31(3,26)27)19(23)16-10-9-15(30-16)12-4-6-13(7-5-12)22(24)25/h4-11H,1-3H3. The van der Waals surface area contributed by atoms with Gasteiger partial charge in [0.2, 0.25) is 21.8 Å². The van der Waals surface area contributed by atoms with Crippen LogP contribution in [-0.4, -0.2) is 44.7 Å². The molecule has 0 spiro atoms. The highest BCUT2D eigenvalue weighted by Gasteiger charge is 2.32. The minimum atomic E-state index is -4.10. The van der Waals surface area contributed by atoms with Gasteiger partial charge in [0.1, 0.15) is 11.4 Å². The van der Waals surface area contributed by atoms with Crippen LogP contribution in [0.15, 0.2) is 52.9 Å². The van der Waals surface area contributed by atoms with Gasteiger partial charge < -0.3 is 13.9 Å². The van der Waals surface area contributed by atoms with Crippen LogP contribution in [0.4, 0.5) is 11.4 Å². The number of pyridine rings is 1. The van der Waals surface area contributed by atoms with Crippen LogP contribution in [0, 0.1) is 10.1 Å². The van der Waals surface area contributed by atoms with Crippen molar-refractivity contribution in [2.75, 3.05) is 24.8 Å². The Morgan fingerprint density at radius 1 is 1.06 bits per heavy atom. The SMILES string of the molecule is COc1ccc(N(C(=O)c2ccc(-c3ccc([N+](=O)[O-])cc3)o2)S(C)(=O)=O)c(OC)n1. The van der Waals surface area contributed by atoms with Gasteiger partial charge in [0.15, 0.2) is 5.76 Å². The summed E-state index contributed by atoms with van der Waals surface area (Å²) in [4.78, 5) is 27.3. The molecule has 0 N–H and O–H groups in total. The first-order chi connectivity index (χ1) is 14.7. The lowest BCUT2D eigenvalue weighted by Crippen LogP contribution is -2.36. The number of nitro groups is 1. The van der Waals surface area contributed by atoms with E-state index in [4.69, 9.17) is 13.9 Å². The maximum absolute atomic E-state index is 13.1. The topological polar surface area (TPSA) is 142 Å². The van der Waals surface area contributed by atoms with Crippen LogP contribution < -0.4 is 13.8 Å². The molecule has 0 aliphatic rings. The number of rotatable bonds is 7. The summed E-state index contributed by atoms with van der Waals surface area (Å²) in [7, 11) is -1.45. The molecule has 0 unspecified atom stereocenters. The Labute approximate surface area is 177 Å². The molecular formula is C19H17N3O8S. The Morgan fingerprint density at radius 2 is 1.74 bits per heavy atom. The van der Waals surface area contributed by atoms with E-state index < -0.39 is 20.9 Å². The van der Waals surface area contributed by atoms with Crippen molar-refractivity contribution in [3.8, 4) is 23.1 Å². The van der Waals surface area contributed by atoms with Crippen molar-refractivity contribution in [3.63, 3.8) is 0 Å². The third-order valence-electron chi connectivity index (χ3n) is 4.13. The lowest BCUT2D eigenvalue weighted by atomic mass is 10.1. The molecule has 2 heterocycles. The maximum Gasteiger partial charge on any atom is 0.307 e. The Kier molecular flexibility index (Phi) is 5.92. The number of carbonyl (C=O) groups is 1. The molecule has 3 aromatic rings. The van der Waals surface area contributed by atoms with Crippen LogP contribution in [-0.2, 0) is 10.0 Å². The van der Waals surface area contributed by atoms with Crippen molar-refractivity contribution < 1.29 is 32.0 Å². The number of hydrogen-bond donors (Lipinski definition) is 0. The molecule has 0 aliphatic carbocycles. The number of carbonyl (C=O) groups excluding carboxylic acids is 1. The first kappa shape index (κ1) is 21.8. The van der Waals surface area contributed by atoms with Crippen LogP contribution in [0.25, 0.3) is 11.3 Å². The lowest BCUT2D eigenvalue weighted by Gasteiger charge is -2.21. The summed E-state index contributed by atoms with van der Waals surface area (Å²) in [6, 6.07) is 11.0. The molecule has 0 saturated heterocycles. The fourth-order valence-electron chi connectivity index (χ4n) is 2.73. The fourth-order valence-corrected chi connectivity index (χ4v) is 3.62. The average Bonchev–Trinajstić information content (AvgIpc) is 3.23. The highest BCUT2D eigenvalue weighted by Crippen LogP contribution is 2.33. The molecule has 1 aromatic carbocycles. The van der Waals surface area contributed by atoms with Gasteiger partial charge in [0.05, 0.1) is 25.4 Å². The predicted octanol–water partition coefficient (Wildman–Crippen LogP) is 2.87. The number of ether oxygens (including phenoxy) is 2. The van der Waals surface area contributed by atoms with Crippen molar-refractivity contribution in [2.45, 2.75) is 0 Å². The lowest BCUT2D eigenvalue weighted by molar-refractivity contribution is -0.384. The molecule has 0 radical (unpaired) electrons. The van der Waals surface area contributed by atoms with Gasteiger partial charge >= 0.3 is 5.91 Å². The summed E-state index contributed by atoms with van der Waals surface area (Å²) >= 11 is 0. The molecule has 31 heavy (non-hydrogen) atoms. The van der Waals surface area contributed by atoms with E-state index in [0.29, 0.717) is 9.87 Å². The maximum atomic E-state index is 13.1. The Balaban J connectivity index is 2.00. The van der Waals surface area contributed by atoms with Gasteiger partial charge in [-0.2, -0.15) is 9.29 Å². The zero-order valence-electron chi connectivity index (χ0n) is 16.6. The highest BCUT2D eigenvalue weighted by atomic mass is 32.2. The number of benzene rings is 1. The Hall–Kier alpha value is -3.93. The van der Waals surface area contributed by atoms with E-state index in [9.17, 15) is 23.3 Å². The number of nitrogens with zero attached hydrogens (tertiary/aromatic N) is 3. The molecule has 1 amide bonds. The summed E-state index contributed by atoms with van der Waals surface area (Å²) in [5.41, 5.74) is 0.247. The number of anilines is 1. The molecule has 0 aliphatic heterocycles. The van der Waals surface area contributed by atoms with Crippen LogP contribution >= 0.6 is 0 Å².